The number of anilines is 1. The number of nitrogens with zero attached hydrogens (tertiary/aromatic N) is 2. The fourth-order valence-electron chi connectivity index (χ4n) is 3.75. The summed E-state index contributed by atoms with van der Waals surface area (Å²) in [5.74, 6) is 2.04. The van der Waals surface area contributed by atoms with Crippen molar-refractivity contribution in [3.63, 3.8) is 0 Å². The number of aryl methyl sites for hydroxylation is 1. The minimum absolute atomic E-state index is 0.316. The fraction of sp³-hybridized carbons (Fsp3) is 0.471. The standard InChI is InChI=1S/C17H20N2OS/c1-11-2-5-16(20)14(6-11)15-10-21-17(18-15)19-8-12-3-4-13(7-12)9-19/h2,5-6,10,12-13,20H,3-4,7-9H2,1H3/t12-,13+. The maximum absolute atomic E-state index is 10.1. The number of hydrogen-bond acceptors (Lipinski definition) is 4. The van der Waals surface area contributed by atoms with Crippen molar-refractivity contribution in [2.45, 2.75) is 26.2 Å². The first-order valence-corrected chi connectivity index (χ1v) is 8.57. The van der Waals surface area contributed by atoms with Crippen LogP contribution in [0.4, 0.5) is 5.13 Å². The van der Waals surface area contributed by atoms with Crippen LogP contribution in [0.5, 0.6) is 5.75 Å². The summed E-state index contributed by atoms with van der Waals surface area (Å²) in [5.41, 5.74) is 2.89. The van der Waals surface area contributed by atoms with Crippen molar-refractivity contribution in [2.75, 3.05) is 18.0 Å². The molecule has 3 nitrogen and oxygen atoms in total. The molecule has 2 heterocycles. The number of aromatic nitrogens is 1. The van der Waals surface area contributed by atoms with Crippen LogP contribution in [0.25, 0.3) is 11.3 Å². The van der Waals surface area contributed by atoms with E-state index in [1.165, 1.54) is 19.3 Å². The molecular formula is C17H20N2OS. The van der Waals surface area contributed by atoms with Gasteiger partial charge in [0.15, 0.2) is 5.13 Å². The monoisotopic (exact) mass is 300 g/mol. The van der Waals surface area contributed by atoms with Gasteiger partial charge in [0.2, 0.25) is 0 Å². The Hall–Kier alpha value is -1.55. The molecule has 2 bridgehead atoms. The molecule has 1 aromatic heterocycles. The predicted molar refractivity (Wildman–Crippen MR) is 87.0 cm³/mol. The lowest BCUT2D eigenvalue weighted by Gasteiger charge is -2.31. The third kappa shape index (κ3) is 2.42. The minimum Gasteiger partial charge on any atom is -0.507 e. The van der Waals surface area contributed by atoms with Crippen molar-refractivity contribution in [3.05, 3.63) is 29.1 Å². The molecule has 4 heteroatoms. The molecule has 0 amide bonds. The predicted octanol–water partition coefficient (Wildman–Crippen LogP) is 4.06. The Morgan fingerprint density at radius 3 is 2.76 bits per heavy atom. The van der Waals surface area contributed by atoms with Gasteiger partial charge in [-0.3, -0.25) is 0 Å². The van der Waals surface area contributed by atoms with Gasteiger partial charge >= 0.3 is 0 Å². The molecule has 0 unspecified atom stereocenters. The van der Waals surface area contributed by atoms with E-state index in [2.05, 4.69) is 10.3 Å². The number of benzene rings is 1. The van der Waals surface area contributed by atoms with Gasteiger partial charge in [-0.1, -0.05) is 11.6 Å². The van der Waals surface area contributed by atoms with Crippen LogP contribution in [0.1, 0.15) is 24.8 Å². The van der Waals surface area contributed by atoms with Crippen LogP contribution < -0.4 is 4.90 Å². The van der Waals surface area contributed by atoms with Crippen molar-refractivity contribution in [3.8, 4) is 17.0 Å². The van der Waals surface area contributed by atoms with Crippen molar-refractivity contribution < 1.29 is 5.11 Å². The Labute approximate surface area is 129 Å². The first-order chi connectivity index (χ1) is 10.2. The van der Waals surface area contributed by atoms with E-state index in [4.69, 9.17) is 4.98 Å². The van der Waals surface area contributed by atoms with Crippen LogP contribution in [0.2, 0.25) is 0 Å². The van der Waals surface area contributed by atoms with Crippen molar-refractivity contribution >= 4 is 16.5 Å². The van der Waals surface area contributed by atoms with Gasteiger partial charge in [0.05, 0.1) is 5.69 Å². The van der Waals surface area contributed by atoms with E-state index in [1.54, 1.807) is 17.4 Å². The van der Waals surface area contributed by atoms with E-state index >= 15 is 0 Å². The molecule has 0 spiro atoms. The van der Waals surface area contributed by atoms with Crippen molar-refractivity contribution in [2.24, 2.45) is 11.8 Å². The number of piperidine rings is 1. The van der Waals surface area contributed by atoms with Crippen molar-refractivity contribution in [1.29, 1.82) is 0 Å². The zero-order valence-corrected chi connectivity index (χ0v) is 13.1. The highest BCUT2D eigenvalue weighted by atomic mass is 32.1. The summed E-state index contributed by atoms with van der Waals surface area (Å²) in [5, 5.41) is 13.2. The molecular weight excluding hydrogens is 280 g/mol. The van der Waals surface area contributed by atoms with E-state index in [0.717, 1.165) is 46.9 Å². The number of hydrogen-bond donors (Lipinski definition) is 1. The van der Waals surface area contributed by atoms with Gasteiger partial charge in [-0.15, -0.1) is 11.3 Å². The molecule has 2 aliphatic rings. The van der Waals surface area contributed by atoms with Gasteiger partial charge in [-0.2, -0.15) is 0 Å². The van der Waals surface area contributed by atoms with Gasteiger partial charge in [-0.25, -0.2) is 4.98 Å². The fourth-order valence-corrected chi connectivity index (χ4v) is 4.60. The Bertz CT molecular complexity index is 655. The second-order valence-corrected chi connectivity index (χ2v) is 7.32. The quantitative estimate of drug-likeness (QED) is 0.908. The van der Waals surface area contributed by atoms with E-state index in [1.807, 2.05) is 19.1 Å². The van der Waals surface area contributed by atoms with Gasteiger partial charge < -0.3 is 10.0 Å². The van der Waals surface area contributed by atoms with Crippen molar-refractivity contribution in [1.82, 2.24) is 4.98 Å². The molecule has 2 atom stereocenters. The number of rotatable bonds is 2. The molecule has 1 aliphatic heterocycles. The van der Waals surface area contributed by atoms with E-state index < -0.39 is 0 Å². The second kappa shape index (κ2) is 5.02. The first-order valence-electron chi connectivity index (χ1n) is 7.69. The lowest BCUT2D eigenvalue weighted by Crippen LogP contribution is -2.36. The smallest absolute Gasteiger partial charge is 0.185 e. The average molecular weight is 300 g/mol. The highest BCUT2D eigenvalue weighted by Gasteiger charge is 2.33. The molecule has 1 saturated carbocycles. The molecule has 0 radical (unpaired) electrons. The zero-order chi connectivity index (χ0) is 14.4. The topological polar surface area (TPSA) is 36.4 Å². The van der Waals surface area contributed by atoms with E-state index in [-0.39, 0.29) is 0 Å². The Kier molecular flexibility index (Phi) is 3.14. The maximum atomic E-state index is 10.1. The molecule has 1 aliphatic carbocycles. The normalized spacial score (nSPS) is 24.5. The second-order valence-electron chi connectivity index (χ2n) is 6.49. The minimum atomic E-state index is 0.316. The largest absolute Gasteiger partial charge is 0.507 e. The lowest BCUT2D eigenvalue weighted by atomic mass is 9.99. The first kappa shape index (κ1) is 13.1. The number of aromatic hydroxyl groups is 1. The van der Waals surface area contributed by atoms with Crippen LogP contribution in [-0.4, -0.2) is 23.2 Å². The van der Waals surface area contributed by atoms with Crippen LogP contribution in [0.3, 0.4) is 0 Å². The van der Waals surface area contributed by atoms with Crippen LogP contribution in [0.15, 0.2) is 23.6 Å². The molecule has 110 valence electrons. The van der Waals surface area contributed by atoms with Gasteiger partial charge in [0.25, 0.3) is 0 Å². The van der Waals surface area contributed by atoms with Gasteiger partial charge in [-0.05, 0) is 50.2 Å². The summed E-state index contributed by atoms with van der Waals surface area (Å²) >= 11 is 1.70. The van der Waals surface area contributed by atoms with Crippen LogP contribution >= 0.6 is 11.3 Å². The van der Waals surface area contributed by atoms with Gasteiger partial charge in [0.1, 0.15) is 5.75 Å². The maximum Gasteiger partial charge on any atom is 0.185 e. The number of fused-ring (bicyclic) bond motifs is 2. The molecule has 1 aromatic carbocycles. The highest BCUT2D eigenvalue weighted by Crippen LogP contribution is 2.40. The molecule has 2 aromatic rings. The van der Waals surface area contributed by atoms with E-state index in [0.29, 0.717) is 5.75 Å². The van der Waals surface area contributed by atoms with Crippen LogP contribution in [-0.2, 0) is 0 Å². The zero-order valence-electron chi connectivity index (χ0n) is 12.2. The summed E-state index contributed by atoms with van der Waals surface area (Å²) in [4.78, 5) is 7.24. The molecule has 1 N–H and O–H groups in total. The third-order valence-electron chi connectivity index (χ3n) is 4.80. The van der Waals surface area contributed by atoms with Crippen LogP contribution in [0, 0.1) is 18.8 Å². The molecule has 21 heavy (non-hydrogen) atoms. The number of phenolic OH excluding ortho intramolecular Hbond substituents is 1. The SMILES string of the molecule is Cc1ccc(O)c(-c2csc(N3C[C@@H]4CC[C@@H](C4)C3)n2)c1. The summed E-state index contributed by atoms with van der Waals surface area (Å²) in [6.45, 7) is 4.35. The summed E-state index contributed by atoms with van der Waals surface area (Å²) in [6.07, 6.45) is 4.18. The summed E-state index contributed by atoms with van der Waals surface area (Å²) in [6, 6.07) is 5.69. The highest BCUT2D eigenvalue weighted by molar-refractivity contribution is 7.14. The Morgan fingerprint density at radius 1 is 1.24 bits per heavy atom. The summed E-state index contributed by atoms with van der Waals surface area (Å²) in [7, 11) is 0. The van der Waals surface area contributed by atoms with Gasteiger partial charge in [0, 0.05) is 24.0 Å². The molecule has 1 saturated heterocycles. The average Bonchev–Trinajstić information content (AvgIpc) is 3.08. The third-order valence-corrected chi connectivity index (χ3v) is 5.70. The van der Waals surface area contributed by atoms with E-state index in [9.17, 15) is 5.11 Å². The summed E-state index contributed by atoms with van der Waals surface area (Å²) < 4.78 is 0. The molecule has 2 fully saturated rings. The Morgan fingerprint density at radius 2 is 2.00 bits per heavy atom. The Balaban J connectivity index is 1.62. The number of thiazole rings is 1. The molecule has 4 rings (SSSR count). The lowest BCUT2D eigenvalue weighted by molar-refractivity contribution is 0.421. The number of phenols is 1.